The van der Waals surface area contributed by atoms with Gasteiger partial charge in [-0.2, -0.15) is 0 Å². The third kappa shape index (κ3) is 5.62. The molecule has 0 aliphatic rings. The van der Waals surface area contributed by atoms with Crippen LogP contribution in [0, 0.1) is 0 Å². The lowest BCUT2D eigenvalue weighted by molar-refractivity contribution is -0.121. The minimum Gasteiger partial charge on any atom is -0.343 e. The molecule has 0 aliphatic carbocycles. The van der Waals surface area contributed by atoms with Crippen LogP contribution in [0.2, 0.25) is 10.0 Å². The molecule has 0 unspecified atom stereocenters. The van der Waals surface area contributed by atoms with Crippen LogP contribution in [0.5, 0.6) is 0 Å². The topological polar surface area (TPSA) is 58.2 Å². The van der Waals surface area contributed by atoms with E-state index < -0.39 is 5.91 Å². The lowest BCUT2D eigenvalue weighted by atomic mass is 10.1. The van der Waals surface area contributed by atoms with E-state index in [0.29, 0.717) is 15.6 Å². The molecule has 0 atom stereocenters. The van der Waals surface area contributed by atoms with Crippen molar-refractivity contribution in [2.45, 2.75) is 13.3 Å². The average Bonchev–Trinajstić information content (AvgIpc) is 2.61. The van der Waals surface area contributed by atoms with Gasteiger partial charge >= 0.3 is 0 Å². The van der Waals surface area contributed by atoms with Gasteiger partial charge in [0.05, 0.1) is 16.6 Å². The van der Waals surface area contributed by atoms with Crippen molar-refractivity contribution in [1.82, 2.24) is 5.32 Å². The summed E-state index contributed by atoms with van der Waals surface area (Å²) in [7, 11) is 0. The molecule has 2 aromatic carbocycles. The van der Waals surface area contributed by atoms with E-state index in [-0.39, 0.29) is 12.5 Å². The highest BCUT2D eigenvalue weighted by molar-refractivity contribution is 6.42. The average molecular weight is 377 g/mol. The predicted octanol–water partition coefficient (Wildman–Crippen LogP) is 4.32. The third-order valence-corrected chi connectivity index (χ3v) is 4.32. The van der Waals surface area contributed by atoms with Crippen LogP contribution in [0.3, 0.4) is 0 Å². The van der Waals surface area contributed by atoms with Crippen LogP contribution in [-0.2, 0) is 16.0 Å². The van der Waals surface area contributed by atoms with E-state index in [2.05, 4.69) is 10.6 Å². The van der Waals surface area contributed by atoms with Gasteiger partial charge in [-0.05, 0) is 35.8 Å². The van der Waals surface area contributed by atoms with Gasteiger partial charge in [-0.15, -0.1) is 0 Å². The second-order valence-electron chi connectivity index (χ2n) is 5.25. The molecule has 0 fully saturated rings. The molecule has 0 spiro atoms. The number of carbonyl (C=O) groups is 2. The first-order chi connectivity index (χ1) is 12.0. The van der Waals surface area contributed by atoms with Crippen LogP contribution < -0.4 is 10.6 Å². The largest absolute Gasteiger partial charge is 0.343 e. The van der Waals surface area contributed by atoms with E-state index in [1.165, 1.54) is 6.08 Å². The van der Waals surface area contributed by atoms with Gasteiger partial charge < -0.3 is 10.6 Å². The fraction of sp³-hybridized carbons (Fsp3) is 0.158. The fourth-order valence-electron chi connectivity index (χ4n) is 2.19. The normalized spacial score (nSPS) is 10.7. The Morgan fingerprint density at radius 3 is 2.60 bits per heavy atom. The summed E-state index contributed by atoms with van der Waals surface area (Å²) in [5, 5.41) is 6.11. The number of anilines is 1. The van der Waals surface area contributed by atoms with E-state index >= 15 is 0 Å². The maximum Gasteiger partial charge on any atom is 0.244 e. The van der Waals surface area contributed by atoms with Crippen molar-refractivity contribution in [3.05, 3.63) is 69.7 Å². The number of hydrogen-bond acceptors (Lipinski definition) is 2. The molecule has 0 bridgehead atoms. The summed E-state index contributed by atoms with van der Waals surface area (Å²) in [4.78, 5) is 23.8. The van der Waals surface area contributed by atoms with Gasteiger partial charge in [-0.1, -0.05) is 60.5 Å². The minimum absolute atomic E-state index is 0.121. The summed E-state index contributed by atoms with van der Waals surface area (Å²) < 4.78 is 0. The molecule has 0 aromatic heterocycles. The van der Waals surface area contributed by atoms with Gasteiger partial charge in [-0.3, -0.25) is 9.59 Å². The second-order valence-corrected chi connectivity index (χ2v) is 6.04. The number of amides is 2. The summed E-state index contributed by atoms with van der Waals surface area (Å²) in [6.45, 7) is 1.89. The van der Waals surface area contributed by atoms with Gasteiger partial charge in [-0.25, -0.2) is 0 Å². The maximum absolute atomic E-state index is 12.0. The Morgan fingerprint density at radius 2 is 1.84 bits per heavy atom. The van der Waals surface area contributed by atoms with E-state index in [0.717, 1.165) is 17.7 Å². The Labute approximate surface area is 156 Å². The lowest BCUT2D eigenvalue weighted by Crippen LogP contribution is -2.31. The van der Waals surface area contributed by atoms with Gasteiger partial charge in [0, 0.05) is 11.8 Å². The molecule has 4 nitrogen and oxygen atoms in total. The van der Waals surface area contributed by atoms with Crippen molar-refractivity contribution in [2.75, 3.05) is 11.9 Å². The zero-order valence-corrected chi connectivity index (χ0v) is 15.2. The van der Waals surface area contributed by atoms with Gasteiger partial charge in [0.25, 0.3) is 0 Å². The maximum atomic E-state index is 12.0. The Bertz CT molecular complexity index is 804. The first-order valence-electron chi connectivity index (χ1n) is 7.79. The monoisotopic (exact) mass is 376 g/mol. The molecule has 0 heterocycles. The summed E-state index contributed by atoms with van der Waals surface area (Å²) in [5.74, 6) is -0.682. The number of hydrogen-bond donors (Lipinski definition) is 2. The van der Waals surface area contributed by atoms with Crippen molar-refractivity contribution in [3.8, 4) is 0 Å². The number of carbonyl (C=O) groups excluding carboxylic acids is 2. The molecule has 2 N–H and O–H groups in total. The summed E-state index contributed by atoms with van der Waals surface area (Å²) in [6.07, 6.45) is 3.67. The van der Waals surface area contributed by atoms with Gasteiger partial charge in [0.15, 0.2) is 0 Å². The number of aryl methyl sites for hydroxylation is 1. The smallest absolute Gasteiger partial charge is 0.244 e. The van der Waals surface area contributed by atoms with Crippen LogP contribution >= 0.6 is 23.2 Å². The van der Waals surface area contributed by atoms with Crippen LogP contribution in [0.1, 0.15) is 18.1 Å². The molecule has 0 aliphatic heterocycles. The summed E-state index contributed by atoms with van der Waals surface area (Å²) in [5.41, 5.74) is 2.42. The van der Waals surface area contributed by atoms with Crippen molar-refractivity contribution >= 4 is 46.8 Å². The quantitative estimate of drug-likeness (QED) is 0.737. The SMILES string of the molecule is CCc1ccccc1NC(=O)CNC(=O)/C=C/c1cccc(Cl)c1Cl. The van der Waals surface area contributed by atoms with Crippen molar-refractivity contribution in [3.63, 3.8) is 0 Å². The number of nitrogens with one attached hydrogen (secondary N) is 2. The second kappa shape index (κ2) is 9.25. The first kappa shape index (κ1) is 19.0. The molecule has 2 aromatic rings. The van der Waals surface area contributed by atoms with E-state index in [9.17, 15) is 9.59 Å². The van der Waals surface area contributed by atoms with Crippen LogP contribution in [0.4, 0.5) is 5.69 Å². The molecule has 0 saturated carbocycles. The molecule has 2 amide bonds. The van der Waals surface area contributed by atoms with E-state index in [1.54, 1.807) is 24.3 Å². The van der Waals surface area contributed by atoms with E-state index in [1.807, 2.05) is 31.2 Å². The molecule has 0 radical (unpaired) electrons. The number of para-hydroxylation sites is 1. The van der Waals surface area contributed by atoms with Gasteiger partial charge in [0.2, 0.25) is 11.8 Å². The third-order valence-electron chi connectivity index (χ3n) is 3.49. The zero-order valence-electron chi connectivity index (χ0n) is 13.7. The molecule has 25 heavy (non-hydrogen) atoms. The van der Waals surface area contributed by atoms with Crippen molar-refractivity contribution in [2.24, 2.45) is 0 Å². The van der Waals surface area contributed by atoms with E-state index in [4.69, 9.17) is 23.2 Å². The number of halogens is 2. The highest BCUT2D eigenvalue weighted by atomic mass is 35.5. The Hall–Kier alpha value is -2.30. The molecular weight excluding hydrogens is 359 g/mol. The van der Waals surface area contributed by atoms with Crippen LogP contribution in [0.25, 0.3) is 6.08 Å². The van der Waals surface area contributed by atoms with Gasteiger partial charge in [0.1, 0.15) is 0 Å². The van der Waals surface area contributed by atoms with Crippen molar-refractivity contribution < 1.29 is 9.59 Å². The van der Waals surface area contributed by atoms with Crippen LogP contribution in [-0.4, -0.2) is 18.4 Å². The molecular formula is C19H18Cl2N2O2. The molecule has 2 rings (SSSR count). The minimum atomic E-state index is -0.394. The first-order valence-corrected chi connectivity index (χ1v) is 8.54. The predicted molar refractivity (Wildman–Crippen MR) is 103 cm³/mol. The summed E-state index contributed by atoms with van der Waals surface area (Å²) in [6, 6.07) is 12.7. The molecule has 0 saturated heterocycles. The lowest BCUT2D eigenvalue weighted by Gasteiger charge is -2.09. The Morgan fingerprint density at radius 1 is 1.08 bits per heavy atom. The van der Waals surface area contributed by atoms with Crippen molar-refractivity contribution in [1.29, 1.82) is 0 Å². The highest BCUT2D eigenvalue weighted by Crippen LogP contribution is 2.26. The van der Waals surface area contributed by atoms with Crippen LogP contribution in [0.15, 0.2) is 48.5 Å². The Kier molecular flexibility index (Phi) is 7.04. The zero-order chi connectivity index (χ0) is 18.2. The standard InChI is InChI=1S/C19H18Cl2N2O2/c1-2-13-6-3-4-9-16(13)23-18(25)12-22-17(24)11-10-14-7-5-8-15(20)19(14)21/h3-11H,2,12H2,1H3,(H,22,24)(H,23,25)/b11-10+. The Balaban J connectivity index is 1.88. The number of rotatable bonds is 6. The highest BCUT2D eigenvalue weighted by Gasteiger charge is 2.07. The number of benzene rings is 2. The molecule has 130 valence electrons. The molecule has 6 heteroatoms. The summed E-state index contributed by atoms with van der Waals surface area (Å²) >= 11 is 12.0. The fourth-order valence-corrected chi connectivity index (χ4v) is 2.56.